The number of amides is 7. The molecule has 0 aliphatic carbocycles. The number of nitrogens with two attached hydrogens (primary N) is 1. The maximum Gasteiger partial charge on any atom is 0.333 e. The lowest BCUT2D eigenvalue weighted by molar-refractivity contribution is -0.197. The maximum atomic E-state index is 11.8. The van der Waals surface area contributed by atoms with E-state index in [0.29, 0.717) is 62.7 Å². The predicted octanol–water partition coefficient (Wildman–Crippen LogP) is 2.17. The second-order valence-corrected chi connectivity index (χ2v) is 15.6. The van der Waals surface area contributed by atoms with Crippen molar-refractivity contribution in [2.75, 3.05) is 37.7 Å². The Morgan fingerprint density at radius 2 is 1.26 bits per heavy atom. The Kier molecular flexibility index (Phi) is 19.1. The molecule has 6 unspecified atom stereocenters. The molecule has 0 aromatic heterocycles. The van der Waals surface area contributed by atoms with Crippen molar-refractivity contribution in [3.05, 3.63) is 20.9 Å². The number of imide groups is 3. The minimum absolute atomic E-state index is 0.00308. The highest BCUT2D eigenvalue weighted by atomic mass is 32.2. The van der Waals surface area contributed by atoms with Crippen LogP contribution in [0.5, 0.6) is 0 Å². The van der Waals surface area contributed by atoms with Crippen LogP contribution in [0, 0.1) is 23.7 Å². The van der Waals surface area contributed by atoms with Crippen LogP contribution >= 0.6 is 23.5 Å². The Bertz CT molecular complexity index is 1490. The molecule has 5 fully saturated rings. The van der Waals surface area contributed by atoms with E-state index >= 15 is 0 Å². The Morgan fingerprint density at radius 1 is 0.759 bits per heavy atom. The van der Waals surface area contributed by atoms with Gasteiger partial charge in [-0.3, -0.25) is 44.2 Å². The number of hydrogen-bond donors (Lipinski definition) is 4. The van der Waals surface area contributed by atoms with Gasteiger partial charge in [-0.15, -0.1) is 5.06 Å². The number of fused-ring (bicyclic) bond motifs is 2. The fraction of sp³-hybridized carbons (Fsp3) is 0.750. The molecule has 5 saturated heterocycles. The molecular weight excluding hydrogens is 747 g/mol. The van der Waals surface area contributed by atoms with Crippen LogP contribution in [-0.4, -0.2) is 101 Å². The highest BCUT2D eigenvalue weighted by Gasteiger charge is 2.51. The van der Waals surface area contributed by atoms with Crippen molar-refractivity contribution in [3.8, 4) is 0 Å². The molecule has 6 atom stereocenters. The number of nitrogens with one attached hydrogen (secondary N) is 3. The lowest BCUT2D eigenvalue weighted by Gasteiger charge is -2.15. The zero-order chi connectivity index (χ0) is 39.5. The van der Waals surface area contributed by atoms with Crippen LogP contribution in [0.1, 0.15) is 77.0 Å². The smallest absolute Gasteiger partial charge is 0.333 e. The summed E-state index contributed by atoms with van der Waals surface area (Å²) in [6.07, 6.45) is 6.62. The Hall–Kier alpha value is -4.36. The van der Waals surface area contributed by atoms with Gasteiger partial charge in [-0.2, -0.15) is 23.5 Å². The predicted molar refractivity (Wildman–Crippen MR) is 196 cm³/mol. The number of carbonyl (C=O) groups excluding carboxylic acids is 8. The summed E-state index contributed by atoms with van der Waals surface area (Å²) >= 11 is 3.33. The molecule has 5 N–H and O–H groups in total. The van der Waals surface area contributed by atoms with Crippen molar-refractivity contribution in [3.63, 3.8) is 0 Å². The molecule has 20 nitrogen and oxygen atoms in total. The first-order valence-electron chi connectivity index (χ1n) is 18.0. The number of carbonyl (C=O) groups is 8. The molecule has 0 saturated carbocycles. The summed E-state index contributed by atoms with van der Waals surface area (Å²) in [5.41, 5.74) is 20.9. The van der Waals surface area contributed by atoms with Crippen LogP contribution in [0.25, 0.3) is 20.9 Å². The van der Waals surface area contributed by atoms with Crippen LogP contribution in [0.4, 0.5) is 0 Å². The SMILES string of the molecule is O=C(CCCCC1SCC2C(=O)NC(=O)C12)ON1C(=O)CCC1=O.[N-]=[N+]=NCCCN.[N-]=[N+]=NCCCNC(=O)CCCCC1SCC2C(=O)NC(=O)C12. The van der Waals surface area contributed by atoms with Crippen molar-refractivity contribution in [2.24, 2.45) is 39.6 Å². The monoisotopic (exact) mass is 793 g/mol. The van der Waals surface area contributed by atoms with E-state index in [0.717, 1.165) is 37.9 Å². The van der Waals surface area contributed by atoms with Gasteiger partial charge in [0, 0.05) is 77.1 Å². The van der Waals surface area contributed by atoms with E-state index in [2.05, 4.69) is 36.0 Å². The minimum Gasteiger partial charge on any atom is -0.356 e. The van der Waals surface area contributed by atoms with Gasteiger partial charge in [-0.1, -0.05) is 23.1 Å². The van der Waals surface area contributed by atoms with Gasteiger partial charge < -0.3 is 15.9 Å². The summed E-state index contributed by atoms with van der Waals surface area (Å²) in [5, 5.41) is 15.1. The molecule has 5 aliphatic rings. The lowest BCUT2D eigenvalue weighted by atomic mass is 9.91. The Balaban J connectivity index is 0.000000248. The minimum atomic E-state index is -0.607. The number of hydrogen-bond acceptors (Lipinski definition) is 14. The first kappa shape index (κ1) is 44.0. The van der Waals surface area contributed by atoms with Crippen LogP contribution in [0.2, 0.25) is 0 Å². The average Bonchev–Trinajstić information content (AvgIpc) is 3.95. The lowest BCUT2D eigenvalue weighted by Crippen LogP contribution is -2.32. The molecule has 7 amide bonds. The highest BCUT2D eigenvalue weighted by molar-refractivity contribution is 8.00. The molecule has 0 aromatic carbocycles. The van der Waals surface area contributed by atoms with Crippen molar-refractivity contribution in [1.29, 1.82) is 0 Å². The number of unbranched alkanes of at least 4 members (excludes halogenated alkanes) is 2. The van der Waals surface area contributed by atoms with Gasteiger partial charge in [0.25, 0.3) is 11.8 Å². The molecule has 0 bridgehead atoms. The molecule has 5 aliphatic heterocycles. The molecule has 296 valence electrons. The molecule has 0 spiro atoms. The normalized spacial score (nSPS) is 24.9. The number of azide groups is 2. The summed E-state index contributed by atoms with van der Waals surface area (Å²) in [7, 11) is 0. The highest BCUT2D eigenvalue weighted by Crippen LogP contribution is 2.43. The van der Waals surface area contributed by atoms with E-state index < -0.39 is 17.8 Å². The first-order valence-corrected chi connectivity index (χ1v) is 20.1. The molecule has 5 heterocycles. The van der Waals surface area contributed by atoms with Gasteiger partial charge >= 0.3 is 5.97 Å². The Labute approximate surface area is 320 Å². The van der Waals surface area contributed by atoms with Crippen molar-refractivity contribution >= 4 is 70.8 Å². The van der Waals surface area contributed by atoms with E-state index in [1.165, 1.54) is 0 Å². The van der Waals surface area contributed by atoms with Gasteiger partial charge in [-0.25, -0.2) is 4.79 Å². The number of nitrogens with zero attached hydrogens (tertiary/aromatic N) is 7. The van der Waals surface area contributed by atoms with Gasteiger partial charge in [0.05, 0.1) is 23.7 Å². The largest absolute Gasteiger partial charge is 0.356 e. The van der Waals surface area contributed by atoms with Gasteiger partial charge in [0.1, 0.15) is 0 Å². The number of rotatable bonds is 18. The average molecular weight is 794 g/mol. The third-order valence-electron chi connectivity index (χ3n) is 9.23. The molecular formula is C32H47N11O9S2. The zero-order valence-electron chi connectivity index (χ0n) is 29.9. The van der Waals surface area contributed by atoms with E-state index in [9.17, 15) is 38.4 Å². The van der Waals surface area contributed by atoms with Crippen LogP contribution in [0.15, 0.2) is 10.2 Å². The van der Waals surface area contributed by atoms with Gasteiger partial charge in [-0.05, 0) is 56.1 Å². The maximum absolute atomic E-state index is 11.8. The van der Waals surface area contributed by atoms with Crippen molar-refractivity contribution in [2.45, 2.75) is 87.5 Å². The second kappa shape index (κ2) is 23.4. The topological polar surface area (TPSA) is 309 Å². The van der Waals surface area contributed by atoms with Crippen LogP contribution < -0.4 is 21.7 Å². The zero-order valence-corrected chi connectivity index (χ0v) is 31.5. The number of hydroxylamine groups is 2. The van der Waals surface area contributed by atoms with E-state index in [1.807, 2.05) is 0 Å². The molecule has 0 radical (unpaired) electrons. The molecule has 22 heteroatoms. The summed E-state index contributed by atoms with van der Waals surface area (Å²) in [6, 6.07) is 0. The third-order valence-corrected chi connectivity index (χ3v) is 12.2. The van der Waals surface area contributed by atoms with E-state index in [1.54, 1.807) is 23.5 Å². The second-order valence-electron chi connectivity index (χ2n) is 13.0. The fourth-order valence-electron chi connectivity index (χ4n) is 6.46. The first-order chi connectivity index (χ1) is 26.0. The van der Waals surface area contributed by atoms with E-state index in [4.69, 9.17) is 21.6 Å². The number of thioether (sulfide) groups is 2. The fourth-order valence-corrected chi connectivity index (χ4v) is 9.79. The molecule has 5 rings (SSSR count). The summed E-state index contributed by atoms with van der Waals surface area (Å²) < 4.78 is 0. The third kappa shape index (κ3) is 13.5. The summed E-state index contributed by atoms with van der Waals surface area (Å²) in [6.45, 7) is 2.02. The van der Waals surface area contributed by atoms with Crippen molar-refractivity contribution in [1.82, 2.24) is 21.0 Å². The van der Waals surface area contributed by atoms with Gasteiger partial charge in [0.2, 0.25) is 29.5 Å². The van der Waals surface area contributed by atoms with E-state index in [-0.39, 0.29) is 83.0 Å². The van der Waals surface area contributed by atoms with Gasteiger partial charge in [0.15, 0.2) is 0 Å². The standard InChI is InChI=1S/C15H18N2O6S.C14H21N5O3S.C3H8N4/c18-10-5-6-11(19)17(10)23-12(20)4-2-1-3-9-13-8(7-24-9)14(21)16-15(13)22;15-19-17-7-3-6-16-11(20)5-2-1-4-10-12-9(8-23-10)13(21)18-14(12)22;4-2-1-3-6-7-5/h8-9,13H,1-7H2,(H,16,21,22);9-10,12H,1-8H2,(H,16,20)(H,18,21,22);1-4H2. The molecule has 0 aromatic rings. The quantitative estimate of drug-likeness (QED) is 0.0510. The van der Waals surface area contributed by atoms with Crippen LogP contribution in [-0.2, 0) is 43.2 Å². The summed E-state index contributed by atoms with van der Waals surface area (Å²) in [5.74, 6) is -1.64. The summed E-state index contributed by atoms with van der Waals surface area (Å²) in [4.78, 5) is 103. The molecule has 54 heavy (non-hydrogen) atoms. The Morgan fingerprint density at radius 3 is 1.76 bits per heavy atom. The van der Waals surface area contributed by atoms with Crippen LogP contribution in [0.3, 0.4) is 0 Å². The van der Waals surface area contributed by atoms with Crippen molar-refractivity contribution < 1.29 is 43.2 Å².